The van der Waals surface area contributed by atoms with Gasteiger partial charge in [-0.25, -0.2) is 0 Å². The molecule has 0 saturated heterocycles. The second-order valence-electron chi connectivity index (χ2n) is 3.06. The third-order valence-electron chi connectivity index (χ3n) is 1.99. The highest BCUT2D eigenvalue weighted by Crippen LogP contribution is 2.05. The van der Waals surface area contributed by atoms with Crippen molar-refractivity contribution >= 4 is 5.97 Å². The fourth-order valence-electron chi connectivity index (χ4n) is 1.28. The first kappa shape index (κ1) is 11.4. The molecule has 0 spiro atoms. The van der Waals surface area contributed by atoms with Gasteiger partial charge in [-0.2, -0.15) is 0 Å². The summed E-state index contributed by atoms with van der Waals surface area (Å²) in [7, 11) is 1.93. The fraction of sp³-hybridized carbons (Fsp3) is 0.889. The average Bonchev–Trinajstić information content (AvgIpc) is 2.02. The molecule has 1 atom stereocenters. The second-order valence-corrected chi connectivity index (χ2v) is 3.06. The molecule has 0 radical (unpaired) electrons. The predicted molar refractivity (Wildman–Crippen MR) is 49.2 cm³/mol. The molecule has 0 aromatic carbocycles. The fourth-order valence-corrected chi connectivity index (χ4v) is 1.28. The van der Waals surface area contributed by atoms with Gasteiger partial charge in [0.05, 0.1) is 0 Å². The lowest BCUT2D eigenvalue weighted by atomic mass is 10.1. The van der Waals surface area contributed by atoms with Crippen LogP contribution >= 0.6 is 0 Å². The van der Waals surface area contributed by atoms with Gasteiger partial charge in [0, 0.05) is 12.5 Å². The number of hydrogen-bond donors (Lipinski definition) is 2. The molecule has 0 aliphatic heterocycles. The lowest BCUT2D eigenvalue weighted by Crippen LogP contribution is -2.24. The summed E-state index contributed by atoms with van der Waals surface area (Å²) in [4.78, 5) is 10.2. The van der Waals surface area contributed by atoms with E-state index in [2.05, 4.69) is 12.2 Å². The van der Waals surface area contributed by atoms with E-state index in [1.807, 2.05) is 7.05 Å². The van der Waals surface area contributed by atoms with Crippen molar-refractivity contribution in [1.82, 2.24) is 5.32 Å². The zero-order chi connectivity index (χ0) is 9.40. The number of carboxylic acid groups (broad SMARTS) is 1. The summed E-state index contributed by atoms with van der Waals surface area (Å²) in [6.07, 6.45) is 4.33. The lowest BCUT2D eigenvalue weighted by molar-refractivity contribution is -0.137. The smallest absolute Gasteiger partial charge is 0.303 e. The van der Waals surface area contributed by atoms with Gasteiger partial charge < -0.3 is 10.4 Å². The second kappa shape index (κ2) is 7.10. The molecule has 0 aromatic heterocycles. The zero-order valence-electron chi connectivity index (χ0n) is 7.97. The normalized spacial score (nSPS) is 12.8. The molecule has 3 heteroatoms. The largest absolute Gasteiger partial charge is 0.481 e. The van der Waals surface area contributed by atoms with Crippen molar-refractivity contribution in [2.24, 2.45) is 0 Å². The molecule has 72 valence electrons. The van der Waals surface area contributed by atoms with Crippen molar-refractivity contribution in [3.05, 3.63) is 0 Å². The Bertz CT molecular complexity index is 126. The van der Waals surface area contributed by atoms with Gasteiger partial charge in [-0.1, -0.05) is 13.3 Å². The SMILES string of the molecule is CCCC(CCCC(=O)O)NC. The van der Waals surface area contributed by atoms with Gasteiger partial charge in [0.15, 0.2) is 0 Å². The lowest BCUT2D eigenvalue weighted by Gasteiger charge is -2.13. The predicted octanol–water partition coefficient (Wildman–Crippen LogP) is 1.63. The van der Waals surface area contributed by atoms with Crippen LogP contribution in [0.15, 0.2) is 0 Å². The van der Waals surface area contributed by atoms with E-state index in [4.69, 9.17) is 5.11 Å². The van der Waals surface area contributed by atoms with Crippen molar-refractivity contribution in [1.29, 1.82) is 0 Å². The first-order valence-corrected chi connectivity index (χ1v) is 4.59. The third kappa shape index (κ3) is 6.16. The molecule has 0 bridgehead atoms. The van der Waals surface area contributed by atoms with Gasteiger partial charge in [0.2, 0.25) is 0 Å². The third-order valence-corrected chi connectivity index (χ3v) is 1.99. The van der Waals surface area contributed by atoms with Gasteiger partial charge in [-0.05, 0) is 26.3 Å². The summed E-state index contributed by atoms with van der Waals surface area (Å²) in [5.41, 5.74) is 0. The average molecular weight is 173 g/mol. The Morgan fingerprint density at radius 3 is 2.58 bits per heavy atom. The van der Waals surface area contributed by atoms with E-state index in [9.17, 15) is 4.79 Å². The highest BCUT2D eigenvalue weighted by atomic mass is 16.4. The summed E-state index contributed by atoms with van der Waals surface area (Å²) in [6.45, 7) is 2.14. The van der Waals surface area contributed by atoms with Gasteiger partial charge in [0.25, 0.3) is 0 Å². The molecule has 1 unspecified atom stereocenters. The Hall–Kier alpha value is -0.570. The van der Waals surface area contributed by atoms with Crippen molar-refractivity contribution in [2.45, 2.75) is 45.1 Å². The summed E-state index contributed by atoms with van der Waals surface area (Å²) >= 11 is 0. The number of aliphatic carboxylic acids is 1. The van der Waals surface area contributed by atoms with E-state index in [0.717, 1.165) is 25.7 Å². The first-order chi connectivity index (χ1) is 5.70. The molecule has 0 fully saturated rings. The van der Waals surface area contributed by atoms with Crippen molar-refractivity contribution in [2.75, 3.05) is 7.05 Å². The maximum absolute atomic E-state index is 10.2. The van der Waals surface area contributed by atoms with Gasteiger partial charge >= 0.3 is 5.97 Å². The topological polar surface area (TPSA) is 49.3 Å². The van der Waals surface area contributed by atoms with Crippen LogP contribution in [0, 0.1) is 0 Å². The molecule has 0 aromatic rings. The van der Waals surface area contributed by atoms with Crippen molar-refractivity contribution in [3.63, 3.8) is 0 Å². The minimum absolute atomic E-state index is 0.294. The minimum atomic E-state index is -0.693. The molecule has 0 saturated carbocycles. The van der Waals surface area contributed by atoms with E-state index >= 15 is 0 Å². The Kier molecular flexibility index (Phi) is 6.76. The van der Waals surface area contributed by atoms with Gasteiger partial charge in [-0.3, -0.25) is 4.79 Å². The van der Waals surface area contributed by atoms with E-state index in [1.54, 1.807) is 0 Å². The Morgan fingerprint density at radius 1 is 1.50 bits per heavy atom. The molecule has 3 nitrogen and oxygen atoms in total. The molecular formula is C9H19NO2. The van der Waals surface area contributed by atoms with E-state index in [-0.39, 0.29) is 0 Å². The molecule has 0 aliphatic carbocycles. The Balaban J connectivity index is 3.37. The Labute approximate surface area is 74.2 Å². The molecule has 2 N–H and O–H groups in total. The summed E-state index contributed by atoms with van der Waals surface area (Å²) in [5.74, 6) is -0.693. The van der Waals surface area contributed by atoms with Crippen LogP contribution in [0.25, 0.3) is 0 Å². The van der Waals surface area contributed by atoms with E-state index in [1.165, 1.54) is 0 Å². The number of carboxylic acids is 1. The van der Waals surface area contributed by atoms with Crippen molar-refractivity contribution < 1.29 is 9.90 Å². The van der Waals surface area contributed by atoms with Crippen LogP contribution in [-0.4, -0.2) is 24.2 Å². The van der Waals surface area contributed by atoms with Crippen LogP contribution in [0.3, 0.4) is 0 Å². The maximum Gasteiger partial charge on any atom is 0.303 e. The molecule has 0 heterocycles. The maximum atomic E-state index is 10.2. The van der Waals surface area contributed by atoms with Crippen LogP contribution < -0.4 is 5.32 Å². The van der Waals surface area contributed by atoms with Crippen molar-refractivity contribution in [3.8, 4) is 0 Å². The standard InChI is InChI=1S/C9H19NO2/c1-3-5-8(10-2)6-4-7-9(11)12/h8,10H,3-7H2,1-2H3,(H,11,12). The zero-order valence-corrected chi connectivity index (χ0v) is 7.97. The van der Waals surface area contributed by atoms with Crippen LogP contribution in [0.5, 0.6) is 0 Å². The number of hydrogen-bond acceptors (Lipinski definition) is 2. The highest BCUT2D eigenvalue weighted by Gasteiger charge is 2.05. The quantitative estimate of drug-likeness (QED) is 0.615. The monoisotopic (exact) mass is 173 g/mol. The molecule has 12 heavy (non-hydrogen) atoms. The number of rotatable bonds is 7. The summed E-state index contributed by atoms with van der Waals surface area (Å²) in [6, 6.07) is 0.495. The highest BCUT2D eigenvalue weighted by molar-refractivity contribution is 5.66. The molecular weight excluding hydrogens is 154 g/mol. The molecule has 0 rings (SSSR count). The van der Waals surface area contributed by atoms with Gasteiger partial charge in [-0.15, -0.1) is 0 Å². The number of nitrogens with one attached hydrogen (secondary N) is 1. The summed E-state index contributed by atoms with van der Waals surface area (Å²) < 4.78 is 0. The minimum Gasteiger partial charge on any atom is -0.481 e. The summed E-state index contributed by atoms with van der Waals surface area (Å²) in [5, 5.41) is 11.6. The van der Waals surface area contributed by atoms with E-state index in [0.29, 0.717) is 12.5 Å². The Morgan fingerprint density at radius 2 is 2.17 bits per heavy atom. The first-order valence-electron chi connectivity index (χ1n) is 4.59. The number of carbonyl (C=O) groups is 1. The van der Waals surface area contributed by atoms with Crippen LogP contribution in [0.2, 0.25) is 0 Å². The van der Waals surface area contributed by atoms with Crippen LogP contribution in [0.1, 0.15) is 39.0 Å². The molecule has 0 amide bonds. The van der Waals surface area contributed by atoms with Gasteiger partial charge in [0.1, 0.15) is 0 Å². The van der Waals surface area contributed by atoms with Crippen LogP contribution in [0.4, 0.5) is 0 Å². The van der Waals surface area contributed by atoms with E-state index < -0.39 is 5.97 Å². The van der Waals surface area contributed by atoms with Crippen LogP contribution in [-0.2, 0) is 4.79 Å². The molecule has 0 aliphatic rings.